The summed E-state index contributed by atoms with van der Waals surface area (Å²) in [6.07, 6.45) is 1.15. The van der Waals surface area contributed by atoms with Gasteiger partial charge in [-0.25, -0.2) is 4.79 Å². The first-order chi connectivity index (χ1) is 9.82. The first kappa shape index (κ1) is 17.1. The summed E-state index contributed by atoms with van der Waals surface area (Å²) in [5, 5.41) is 2.97. The minimum absolute atomic E-state index is 0.0241. The van der Waals surface area contributed by atoms with Crippen LogP contribution >= 0.6 is 0 Å². The number of alkyl carbamates (subject to hydrolysis) is 1. The number of nitrogens with one attached hydrogen (secondary N) is 1. The molecular weight excluding hydrogens is 280 g/mol. The van der Waals surface area contributed by atoms with Crippen LogP contribution in [0.1, 0.15) is 61.3 Å². The van der Waals surface area contributed by atoms with E-state index in [2.05, 4.69) is 33.0 Å². The molecule has 2 heterocycles. The molecule has 0 aromatic rings. The van der Waals surface area contributed by atoms with Gasteiger partial charge in [0.05, 0.1) is 6.04 Å². The number of hydrogen-bond acceptors (Lipinski definition) is 3. The van der Waals surface area contributed by atoms with Gasteiger partial charge in [-0.05, 0) is 32.6 Å². The highest BCUT2D eigenvalue weighted by Gasteiger charge is 2.54. The van der Waals surface area contributed by atoms with Crippen LogP contribution in [0.3, 0.4) is 0 Å². The van der Waals surface area contributed by atoms with Gasteiger partial charge in [0.15, 0.2) is 0 Å². The van der Waals surface area contributed by atoms with Crippen molar-refractivity contribution < 1.29 is 14.3 Å². The summed E-state index contributed by atoms with van der Waals surface area (Å²) in [5.41, 5.74) is -0.654. The molecule has 2 rings (SSSR count). The predicted molar refractivity (Wildman–Crippen MR) is 85.5 cm³/mol. The van der Waals surface area contributed by atoms with Crippen LogP contribution < -0.4 is 5.32 Å². The molecule has 0 saturated carbocycles. The summed E-state index contributed by atoms with van der Waals surface area (Å²) in [4.78, 5) is 26.5. The SMILES string of the molecule is CC1(C)CC(=O)N2C[C@@H](NC(=O)OC(C)(C)C)C(C)(C)C2C1. The molecule has 2 atom stereocenters. The van der Waals surface area contributed by atoms with Gasteiger partial charge in [-0.15, -0.1) is 0 Å². The van der Waals surface area contributed by atoms with Gasteiger partial charge in [0.2, 0.25) is 5.91 Å². The first-order valence-corrected chi connectivity index (χ1v) is 8.11. The second-order valence-corrected chi connectivity index (χ2v) is 9.13. The van der Waals surface area contributed by atoms with E-state index in [0.29, 0.717) is 13.0 Å². The maximum atomic E-state index is 12.4. The van der Waals surface area contributed by atoms with Gasteiger partial charge < -0.3 is 15.0 Å². The third-order valence-corrected chi connectivity index (χ3v) is 4.90. The van der Waals surface area contributed by atoms with Crippen molar-refractivity contribution in [1.29, 1.82) is 0 Å². The second-order valence-electron chi connectivity index (χ2n) is 9.13. The van der Waals surface area contributed by atoms with E-state index in [1.54, 1.807) is 0 Å². The Balaban J connectivity index is 2.12. The zero-order chi connectivity index (χ0) is 16.9. The average molecular weight is 310 g/mol. The van der Waals surface area contributed by atoms with Gasteiger partial charge in [-0.1, -0.05) is 27.7 Å². The van der Waals surface area contributed by atoms with Crippen LogP contribution in [0, 0.1) is 10.8 Å². The van der Waals surface area contributed by atoms with Crippen molar-refractivity contribution in [3.63, 3.8) is 0 Å². The Morgan fingerprint density at radius 3 is 2.41 bits per heavy atom. The maximum Gasteiger partial charge on any atom is 0.407 e. The van der Waals surface area contributed by atoms with Crippen LogP contribution in [-0.4, -0.2) is 41.1 Å². The van der Waals surface area contributed by atoms with Crippen LogP contribution in [0.2, 0.25) is 0 Å². The average Bonchev–Trinajstić information content (AvgIpc) is 2.49. The fraction of sp³-hybridized carbons (Fsp3) is 0.882. The lowest BCUT2D eigenvalue weighted by molar-refractivity contribution is -0.140. The number of rotatable bonds is 1. The molecule has 0 bridgehead atoms. The molecule has 1 N–H and O–H groups in total. The molecule has 5 nitrogen and oxygen atoms in total. The van der Waals surface area contributed by atoms with Gasteiger partial charge in [-0.2, -0.15) is 0 Å². The Hall–Kier alpha value is -1.26. The predicted octanol–water partition coefficient (Wildman–Crippen LogP) is 2.94. The van der Waals surface area contributed by atoms with Crippen molar-refractivity contribution in [3.8, 4) is 0 Å². The van der Waals surface area contributed by atoms with Crippen LogP contribution in [-0.2, 0) is 9.53 Å². The van der Waals surface area contributed by atoms with Crippen molar-refractivity contribution in [1.82, 2.24) is 10.2 Å². The number of carbonyl (C=O) groups excluding carboxylic acids is 2. The van der Waals surface area contributed by atoms with E-state index in [9.17, 15) is 9.59 Å². The zero-order valence-electron chi connectivity index (χ0n) is 14.9. The standard InChI is InChI=1S/C17H30N2O3/c1-15(2,3)22-14(21)18-11-10-19-12(17(11,6)7)8-16(4,5)9-13(19)20/h11-12H,8-10H2,1-7H3,(H,18,21)/t11-,12?/m1/s1. The Kier molecular flexibility index (Phi) is 3.99. The quantitative estimate of drug-likeness (QED) is 0.810. The topological polar surface area (TPSA) is 58.6 Å². The van der Waals surface area contributed by atoms with Crippen LogP contribution in [0.4, 0.5) is 4.79 Å². The maximum absolute atomic E-state index is 12.4. The lowest BCUT2D eigenvalue weighted by atomic mass is 9.70. The lowest BCUT2D eigenvalue weighted by Crippen LogP contribution is -2.50. The second kappa shape index (κ2) is 5.14. The molecule has 0 aliphatic carbocycles. The van der Waals surface area contributed by atoms with E-state index in [4.69, 9.17) is 4.74 Å². The van der Waals surface area contributed by atoms with Crippen molar-refractivity contribution in [2.24, 2.45) is 10.8 Å². The Labute approximate surface area is 133 Å². The molecule has 22 heavy (non-hydrogen) atoms. The highest BCUT2D eigenvalue weighted by molar-refractivity contribution is 5.79. The van der Waals surface area contributed by atoms with E-state index in [0.717, 1.165) is 6.42 Å². The first-order valence-electron chi connectivity index (χ1n) is 8.11. The number of carbonyl (C=O) groups is 2. The molecule has 5 heteroatoms. The molecule has 2 aliphatic heterocycles. The van der Waals surface area contributed by atoms with Gasteiger partial charge in [0.25, 0.3) is 0 Å². The van der Waals surface area contributed by atoms with Crippen molar-refractivity contribution >= 4 is 12.0 Å². The normalized spacial score (nSPS) is 30.0. The summed E-state index contributed by atoms with van der Waals surface area (Å²) in [7, 11) is 0. The highest BCUT2D eigenvalue weighted by atomic mass is 16.6. The molecule has 0 radical (unpaired) electrons. The number of amides is 2. The summed E-state index contributed by atoms with van der Waals surface area (Å²) in [5.74, 6) is 0.197. The van der Waals surface area contributed by atoms with Crippen LogP contribution in [0.25, 0.3) is 0 Å². The molecule has 2 aliphatic rings. The number of piperidine rings is 1. The molecule has 2 saturated heterocycles. The highest BCUT2D eigenvalue weighted by Crippen LogP contribution is 2.47. The summed E-state index contributed by atoms with van der Waals surface area (Å²) >= 11 is 0. The van der Waals surface area contributed by atoms with Crippen LogP contribution in [0.15, 0.2) is 0 Å². The van der Waals surface area contributed by atoms with Crippen molar-refractivity contribution in [2.45, 2.75) is 79.0 Å². The Morgan fingerprint density at radius 2 is 1.86 bits per heavy atom. The van der Waals surface area contributed by atoms with E-state index >= 15 is 0 Å². The van der Waals surface area contributed by atoms with E-state index in [1.165, 1.54) is 0 Å². The monoisotopic (exact) mass is 310 g/mol. The zero-order valence-corrected chi connectivity index (χ0v) is 14.9. The van der Waals surface area contributed by atoms with Gasteiger partial charge in [0.1, 0.15) is 5.60 Å². The molecule has 0 spiro atoms. The molecule has 2 fully saturated rings. The van der Waals surface area contributed by atoms with E-state index < -0.39 is 11.7 Å². The molecule has 0 aromatic heterocycles. The molecule has 0 aromatic carbocycles. The molecular formula is C17H30N2O3. The summed E-state index contributed by atoms with van der Waals surface area (Å²) in [6, 6.07) is 0.0916. The molecule has 126 valence electrons. The van der Waals surface area contributed by atoms with Crippen LogP contribution in [0.5, 0.6) is 0 Å². The fourth-order valence-corrected chi connectivity index (χ4v) is 3.63. The smallest absolute Gasteiger partial charge is 0.407 e. The lowest BCUT2D eigenvalue weighted by Gasteiger charge is -2.44. The fourth-order valence-electron chi connectivity index (χ4n) is 3.63. The summed E-state index contributed by atoms with van der Waals surface area (Å²) < 4.78 is 5.36. The Morgan fingerprint density at radius 1 is 1.27 bits per heavy atom. The molecule has 1 unspecified atom stereocenters. The van der Waals surface area contributed by atoms with Crippen molar-refractivity contribution in [2.75, 3.05) is 6.54 Å². The Bertz CT molecular complexity index is 477. The minimum Gasteiger partial charge on any atom is -0.444 e. The van der Waals surface area contributed by atoms with Gasteiger partial charge in [0, 0.05) is 24.4 Å². The number of nitrogens with zero attached hydrogens (tertiary/aromatic N) is 1. The number of ether oxygens (including phenoxy) is 1. The molecule has 2 amide bonds. The van der Waals surface area contributed by atoms with Gasteiger partial charge in [-0.3, -0.25) is 4.79 Å². The minimum atomic E-state index is -0.516. The third-order valence-electron chi connectivity index (χ3n) is 4.90. The van der Waals surface area contributed by atoms with E-state index in [1.807, 2.05) is 25.7 Å². The van der Waals surface area contributed by atoms with Gasteiger partial charge >= 0.3 is 6.09 Å². The summed E-state index contributed by atoms with van der Waals surface area (Å²) in [6.45, 7) is 14.7. The van der Waals surface area contributed by atoms with Crippen molar-refractivity contribution in [3.05, 3.63) is 0 Å². The largest absolute Gasteiger partial charge is 0.444 e. The van der Waals surface area contributed by atoms with E-state index in [-0.39, 0.29) is 28.8 Å². The third kappa shape index (κ3) is 3.39. The number of hydrogen-bond donors (Lipinski definition) is 1. The number of fused-ring (bicyclic) bond motifs is 1.